The quantitative estimate of drug-likeness (QED) is 0.0921. The molecule has 0 spiro atoms. The molecule has 0 amide bonds. The summed E-state index contributed by atoms with van der Waals surface area (Å²) < 4.78 is 23.6. The van der Waals surface area contributed by atoms with Crippen molar-refractivity contribution in [3.8, 4) is 17.6 Å². The van der Waals surface area contributed by atoms with E-state index in [2.05, 4.69) is 62.4 Å². The monoisotopic (exact) mass is 623 g/mol. The third-order valence-corrected chi connectivity index (χ3v) is 7.67. The van der Waals surface area contributed by atoms with Crippen molar-refractivity contribution in [1.82, 2.24) is 10.3 Å². The van der Waals surface area contributed by atoms with Gasteiger partial charge >= 0.3 is 0 Å². The SMILES string of the molecule is C=C(/C=C(\C)OCc1cccc(C(=C)/C(C)=C(\C)COc2cc(OCc3cncc(C#N)c3)c(CNCCO)cc2C)c1C)OC. The summed E-state index contributed by atoms with van der Waals surface area (Å²) in [5.74, 6) is 2.63. The molecule has 0 aliphatic carbocycles. The number of aliphatic hydroxyl groups is 1. The molecule has 0 atom stereocenters. The van der Waals surface area contributed by atoms with Gasteiger partial charge in [0.05, 0.1) is 25.0 Å². The zero-order valence-electron chi connectivity index (χ0n) is 27.8. The molecule has 1 aromatic heterocycles. The first-order valence-corrected chi connectivity index (χ1v) is 15.1. The van der Waals surface area contributed by atoms with Gasteiger partial charge in [-0.2, -0.15) is 5.26 Å². The molecule has 1 heterocycles. The largest absolute Gasteiger partial charge is 0.497 e. The molecule has 0 radical (unpaired) electrons. The van der Waals surface area contributed by atoms with E-state index in [-0.39, 0.29) is 13.2 Å². The zero-order chi connectivity index (χ0) is 33.6. The van der Waals surface area contributed by atoms with Crippen LogP contribution in [0, 0.1) is 25.2 Å². The van der Waals surface area contributed by atoms with Crippen LogP contribution in [0.4, 0.5) is 0 Å². The average Bonchev–Trinajstić information content (AvgIpc) is 3.06. The lowest BCUT2D eigenvalue weighted by Crippen LogP contribution is -2.18. The van der Waals surface area contributed by atoms with E-state index < -0.39 is 0 Å². The molecule has 0 aliphatic heterocycles. The summed E-state index contributed by atoms with van der Waals surface area (Å²) in [4.78, 5) is 4.13. The van der Waals surface area contributed by atoms with Gasteiger partial charge in [0.2, 0.25) is 0 Å². The molecule has 8 nitrogen and oxygen atoms in total. The van der Waals surface area contributed by atoms with Gasteiger partial charge < -0.3 is 29.4 Å². The predicted molar refractivity (Wildman–Crippen MR) is 182 cm³/mol. The summed E-state index contributed by atoms with van der Waals surface area (Å²) in [6, 6.07) is 14.0. The summed E-state index contributed by atoms with van der Waals surface area (Å²) >= 11 is 0. The highest BCUT2D eigenvalue weighted by Crippen LogP contribution is 2.32. The lowest BCUT2D eigenvalue weighted by molar-refractivity contribution is 0.197. The van der Waals surface area contributed by atoms with Gasteiger partial charge in [-0.05, 0) is 85.7 Å². The number of aliphatic hydroxyl groups excluding tert-OH is 1. The lowest BCUT2D eigenvalue weighted by Gasteiger charge is -2.19. The minimum Gasteiger partial charge on any atom is -0.497 e. The maximum absolute atomic E-state index is 9.23. The number of pyridine rings is 1. The van der Waals surface area contributed by atoms with Crippen LogP contribution in [-0.2, 0) is 29.2 Å². The number of hydrogen-bond donors (Lipinski definition) is 2. The van der Waals surface area contributed by atoms with E-state index >= 15 is 0 Å². The number of nitrogens with one attached hydrogen (secondary N) is 1. The number of aryl methyl sites for hydroxylation is 1. The number of rotatable bonds is 17. The van der Waals surface area contributed by atoms with Crippen LogP contribution < -0.4 is 14.8 Å². The molecule has 46 heavy (non-hydrogen) atoms. The summed E-state index contributed by atoms with van der Waals surface area (Å²) in [6.45, 7) is 20.4. The Balaban J connectivity index is 1.77. The Morgan fingerprint density at radius 3 is 2.52 bits per heavy atom. The number of ether oxygens (including phenoxy) is 4. The van der Waals surface area contributed by atoms with Crippen LogP contribution in [0.2, 0.25) is 0 Å². The highest BCUT2D eigenvalue weighted by Gasteiger charge is 2.14. The topological polar surface area (TPSA) is 106 Å². The van der Waals surface area contributed by atoms with Crippen molar-refractivity contribution >= 4 is 5.57 Å². The minimum absolute atomic E-state index is 0.0409. The second-order valence-corrected chi connectivity index (χ2v) is 11.1. The van der Waals surface area contributed by atoms with Crippen LogP contribution in [-0.4, -0.2) is 37.0 Å². The Hall–Kier alpha value is -4.84. The zero-order valence-corrected chi connectivity index (χ0v) is 27.8. The molecule has 2 N–H and O–H groups in total. The van der Waals surface area contributed by atoms with Crippen LogP contribution in [0.3, 0.4) is 0 Å². The average molecular weight is 624 g/mol. The van der Waals surface area contributed by atoms with Crippen molar-refractivity contribution in [2.75, 3.05) is 26.9 Å². The Morgan fingerprint density at radius 2 is 1.80 bits per heavy atom. The third kappa shape index (κ3) is 10.1. The van der Waals surface area contributed by atoms with Crippen LogP contribution in [0.1, 0.15) is 59.7 Å². The molecule has 0 aliphatic rings. The van der Waals surface area contributed by atoms with E-state index in [1.165, 1.54) is 6.20 Å². The summed E-state index contributed by atoms with van der Waals surface area (Å²) in [6.07, 6.45) is 4.97. The van der Waals surface area contributed by atoms with Gasteiger partial charge in [-0.1, -0.05) is 31.4 Å². The Kier molecular flexibility index (Phi) is 13.6. The van der Waals surface area contributed by atoms with Crippen molar-refractivity contribution < 1.29 is 24.1 Å². The molecule has 0 saturated heterocycles. The number of allylic oxidation sites excluding steroid dienone is 4. The van der Waals surface area contributed by atoms with E-state index in [0.29, 0.717) is 49.1 Å². The Morgan fingerprint density at radius 1 is 1.02 bits per heavy atom. The molecular formula is C38H45N3O5. The first-order valence-electron chi connectivity index (χ1n) is 15.1. The van der Waals surface area contributed by atoms with Crippen molar-refractivity contribution in [1.29, 1.82) is 5.26 Å². The molecule has 242 valence electrons. The van der Waals surface area contributed by atoms with Crippen LogP contribution in [0.15, 0.2) is 90.7 Å². The first kappa shape index (κ1) is 35.6. The van der Waals surface area contributed by atoms with Gasteiger partial charge in [0.15, 0.2) is 0 Å². The minimum atomic E-state index is 0.0409. The maximum Gasteiger partial charge on any atom is 0.128 e. The van der Waals surface area contributed by atoms with E-state index in [1.54, 1.807) is 25.4 Å². The predicted octanol–water partition coefficient (Wildman–Crippen LogP) is 7.24. The second-order valence-electron chi connectivity index (χ2n) is 11.1. The second kappa shape index (κ2) is 17.6. The van der Waals surface area contributed by atoms with Crippen molar-refractivity contribution in [3.63, 3.8) is 0 Å². The standard InChI is InChI=1S/C38H45N3O5/c1-25-14-35(21-40-12-13-42)38(46-23-33-16-32(18-39)19-41-20-33)17-37(25)45-22-26(2)29(5)30(6)36-11-9-10-34(31(36)7)24-44-28(4)15-27(3)43-8/h9-11,14-17,19-20,40,42H,3,6,12-13,21-24H2,1-2,4-5,7-8H3/b28-15+,29-26+. The molecule has 0 saturated carbocycles. The Bertz CT molecular complexity index is 1650. The molecule has 2 aromatic carbocycles. The van der Waals surface area contributed by atoms with Gasteiger partial charge in [-0.15, -0.1) is 0 Å². The Labute approximate surface area is 273 Å². The van der Waals surface area contributed by atoms with Crippen molar-refractivity contribution in [2.24, 2.45) is 0 Å². The highest BCUT2D eigenvalue weighted by atomic mass is 16.5. The summed E-state index contributed by atoms with van der Waals surface area (Å²) in [7, 11) is 1.58. The summed E-state index contributed by atoms with van der Waals surface area (Å²) in [5.41, 5.74) is 9.45. The smallest absolute Gasteiger partial charge is 0.128 e. The van der Waals surface area contributed by atoms with Crippen LogP contribution in [0.25, 0.3) is 5.57 Å². The third-order valence-electron chi connectivity index (χ3n) is 7.67. The number of methoxy groups -OCH3 is 1. The van der Waals surface area contributed by atoms with Crippen LogP contribution in [0.5, 0.6) is 11.5 Å². The van der Waals surface area contributed by atoms with Crippen molar-refractivity contribution in [3.05, 3.63) is 130 Å². The fraction of sp³-hybridized carbons (Fsp3) is 0.316. The van der Waals surface area contributed by atoms with Crippen molar-refractivity contribution in [2.45, 2.75) is 54.4 Å². The molecule has 3 aromatic rings. The summed E-state index contributed by atoms with van der Waals surface area (Å²) in [5, 5.41) is 21.7. The first-order chi connectivity index (χ1) is 22.1. The molecular weight excluding hydrogens is 578 g/mol. The number of nitriles is 1. The van der Waals surface area contributed by atoms with Gasteiger partial charge in [-0.25, -0.2) is 0 Å². The molecule has 3 rings (SSSR count). The van der Waals surface area contributed by atoms with Gasteiger partial charge in [0, 0.05) is 48.8 Å². The van der Waals surface area contributed by atoms with E-state index in [9.17, 15) is 10.4 Å². The van der Waals surface area contributed by atoms with E-state index in [0.717, 1.165) is 55.9 Å². The number of benzene rings is 2. The van der Waals surface area contributed by atoms with Gasteiger partial charge in [0.1, 0.15) is 43.1 Å². The number of aromatic nitrogens is 1. The number of hydrogen-bond acceptors (Lipinski definition) is 8. The van der Waals surface area contributed by atoms with Crippen LogP contribution >= 0.6 is 0 Å². The number of nitrogens with zero attached hydrogens (tertiary/aromatic N) is 2. The molecule has 8 heteroatoms. The normalized spacial score (nSPS) is 11.7. The molecule has 0 bridgehead atoms. The maximum atomic E-state index is 9.23. The van der Waals surface area contributed by atoms with Gasteiger partial charge in [-0.3, -0.25) is 4.98 Å². The van der Waals surface area contributed by atoms with E-state index in [1.807, 2.05) is 32.0 Å². The lowest BCUT2D eigenvalue weighted by atomic mass is 9.92. The molecule has 0 unspecified atom stereocenters. The highest BCUT2D eigenvalue weighted by molar-refractivity contribution is 5.79. The fourth-order valence-corrected chi connectivity index (χ4v) is 4.69. The van der Waals surface area contributed by atoms with Gasteiger partial charge in [0.25, 0.3) is 0 Å². The van der Waals surface area contributed by atoms with E-state index in [4.69, 9.17) is 18.9 Å². The molecule has 0 fully saturated rings. The fourth-order valence-electron chi connectivity index (χ4n) is 4.69.